The number of benzene rings is 2. The number of carbonyl (C=O) groups excluding carboxylic acids is 1. The average Bonchev–Trinajstić information content (AvgIpc) is 2.83. The van der Waals surface area contributed by atoms with Gasteiger partial charge in [0.2, 0.25) is 5.91 Å². The van der Waals surface area contributed by atoms with Gasteiger partial charge in [-0.05, 0) is 22.8 Å². The van der Waals surface area contributed by atoms with Gasteiger partial charge >= 0.3 is 6.18 Å². The Kier molecular flexibility index (Phi) is 4.32. The largest absolute Gasteiger partial charge is 0.416 e. The minimum absolute atomic E-state index is 0.0803. The molecule has 1 aliphatic carbocycles. The second kappa shape index (κ2) is 6.28. The lowest BCUT2D eigenvalue weighted by atomic mass is 10.0. The van der Waals surface area contributed by atoms with Crippen LogP contribution < -0.4 is 5.32 Å². The third kappa shape index (κ3) is 3.28. The fourth-order valence-corrected chi connectivity index (χ4v) is 3.10. The van der Waals surface area contributed by atoms with Crippen molar-refractivity contribution >= 4 is 5.91 Å². The highest BCUT2D eigenvalue weighted by Gasteiger charge is 2.35. The summed E-state index contributed by atoms with van der Waals surface area (Å²) in [5.74, 6) is -0.549. The highest BCUT2D eigenvalue weighted by Crippen LogP contribution is 2.33. The van der Waals surface area contributed by atoms with E-state index in [-0.39, 0.29) is 12.0 Å². The number of nitrogens with one attached hydrogen (secondary N) is 1. The van der Waals surface area contributed by atoms with E-state index in [0.717, 1.165) is 17.2 Å². The van der Waals surface area contributed by atoms with Crippen LogP contribution in [0.25, 0.3) is 0 Å². The molecule has 0 fully saturated rings. The molecule has 3 nitrogen and oxygen atoms in total. The number of hydrogen-bond donors (Lipinski definition) is 2. The first-order chi connectivity index (χ1) is 11.4. The van der Waals surface area contributed by atoms with Gasteiger partial charge in [-0.1, -0.05) is 42.5 Å². The van der Waals surface area contributed by atoms with Crippen LogP contribution >= 0.6 is 0 Å². The van der Waals surface area contributed by atoms with Crippen molar-refractivity contribution < 1.29 is 23.1 Å². The number of halogens is 3. The zero-order valence-electron chi connectivity index (χ0n) is 12.7. The van der Waals surface area contributed by atoms with Crippen molar-refractivity contribution in [2.75, 3.05) is 0 Å². The smallest absolute Gasteiger partial charge is 0.390 e. The number of hydrogen-bond acceptors (Lipinski definition) is 2. The summed E-state index contributed by atoms with van der Waals surface area (Å²) in [6.07, 6.45) is -5.25. The Hall–Kier alpha value is -2.34. The molecule has 0 spiro atoms. The van der Waals surface area contributed by atoms with E-state index in [2.05, 4.69) is 5.32 Å². The lowest BCUT2D eigenvalue weighted by Gasteiger charge is -2.19. The fraction of sp³-hybridized carbons (Fsp3) is 0.278. The van der Waals surface area contributed by atoms with Gasteiger partial charge in [-0.25, -0.2) is 0 Å². The third-order valence-corrected chi connectivity index (χ3v) is 4.19. The van der Waals surface area contributed by atoms with Crippen molar-refractivity contribution in [3.63, 3.8) is 0 Å². The Morgan fingerprint density at radius 2 is 1.79 bits per heavy atom. The molecule has 0 heterocycles. The topological polar surface area (TPSA) is 49.3 Å². The summed E-state index contributed by atoms with van der Waals surface area (Å²) in [4.78, 5) is 12.2. The normalized spacial score (nSPS) is 19.8. The SMILES string of the molecule is O=C(Cc1ccccc1C(F)(F)F)NC1c2ccccc2CC1O. The summed E-state index contributed by atoms with van der Waals surface area (Å²) in [6, 6.07) is 11.7. The van der Waals surface area contributed by atoms with Crippen molar-refractivity contribution in [3.05, 3.63) is 70.8 Å². The number of aliphatic hydroxyl groups is 1. The fourth-order valence-electron chi connectivity index (χ4n) is 3.10. The standard InChI is InChI=1S/C18H16F3NO2/c19-18(20,21)14-8-4-2-6-12(14)10-16(24)22-17-13-7-3-1-5-11(13)9-15(17)23/h1-8,15,17,23H,9-10H2,(H,22,24). The van der Waals surface area contributed by atoms with E-state index in [1.165, 1.54) is 18.2 Å². The van der Waals surface area contributed by atoms with Crippen LogP contribution in [0.2, 0.25) is 0 Å². The molecular weight excluding hydrogens is 319 g/mol. The third-order valence-electron chi connectivity index (χ3n) is 4.19. The van der Waals surface area contributed by atoms with Crippen LogP contribution in [0.15, 0.2) is 48.5 Å². The Morgan fingerprint density at radius 3 is 2.54 bits per heavy atom. The summed E-state index contributed by atoms with van der Waals surface area (Å²) in [6.45, 7) is 0. The van der Waals surface area contributed by atoms with Gasteiger partial charge < -0.3 is 10.4 Å². The monoisotopic (exact) mass is 335 g/mol. The molecule has 0 aliphatic heterocycles. The Labute approximate surface area is 137 Å². The van der Waals surface area contributed by atoms with Gasteiger partial charge in [0.1, 0.15) is 0 Å². The molecule has 0 radical (unpaired) electrons. The first kappa shape index (κ1) is 16.5. The molecule has 2 unspecified atom stereocenters. The second-order valence-electron chi connectivity index (χ2n) is 5.85. The Morgan fingerprint density at radius 1 is 1.12 bits per heavy atom. The minimum Gasteiger partial charge on any atom is -0.390 e. The van der Waals surface area contributed by atoms with Crippen molar-refractivity contribution in [1.29, 1.82) is 0 Å². The molecule has 1 amide bonds. The number of alkyl halides is 3. The number of aliphatic hydroxyl groups excluding tert-OH is 1. The second-order valence-corrected chi connectivity index (χ2v) is 5.85. The number of fused-ring (bicyclic) bond motifs is 1. The molecule has 126 valence electrons. The Balaban J connectivity index is 1.76. The van der Waals surface area contributed by atoms with E-state index < -0.39 is 29.8 Å². The lowest BCUT2D eigenvalue weighted by Crippen LogP contribution is -2.35. The molecule has 6 heteroatoms. The summed E-state index contributed by atoms with van der Waals surface area (Å²) in [5, 5.41) is 12.8. The number of amides is 1. The highest BCUT2D eigenvalue weighted by molar-refractivity contribution is 5.79. The zero-order valence-corrected chi connectivity index (χ0v) is 12.7. The molecule has 2 atom stereocenters. The van der Waals surface area contributed by atoms with Gasteiger partial charge in [0.25, 0.3) is 0 Å². The maximum atomic E-state index is 13.0. The molecular formula is C18H16F3NO2. The van der Waals surface area contributed by atoms with Crippen LogP contribution in [0.5, 0.6) is 0 Å². The van der Waals surface area contributed by atoms with Crippen molar-refractivity contribution in [2.24, 2.45) is 0 Å². The summed E-state index contributed by atoms with van der Waals surface area (Å²) in [7, 11) is 0. The van der Waals surface area contributed by atoms with Crippen molar-refractivity contribution in [1.82, 2.24) is 5.32 Å². The minimum atomic E-state index is -4.50. The predicted octanol–water partition coefficient (Wildman–Crippen LogP) is 3.02. The molecule has 24 heavy (non-hydrogen) atoms. The first-order valence-corrected chi connectivity index (χ1v) is 7.56. The van der Waals surface area contributed by atoms with Crippen LogP contribution in [0, 0.1) is 0 Å². The lowest BCUT2D eigenvalue weighted by molar-refractivity contribution is -0.138. The first-order valence-electron chi connectivity index (χ1n) is 7.56. The van der Waals surface area contributed by atoms with Crippen LogP contribution in [0.4, 0.5) is 13.2 Å². The summed E-state index contributed by atoms with van der Waals surface area (Å²) >= 11 is 0. The van der Waals surface area contributed by atoms with Crippen LogP contribution in [-0.2, 0) is 23.8 Å². The quantitative estimate of drug-likeness (QED) is 0.906. The van der Waals surface area contributed by atoms with E-state index in [0.29, 0.717) is 6.42 Å². The molecule has 0 bridgehead atoms. The van der Waals surface area contributed by atoms with E-state index in [4.69, 9.17) is 0 Å². The Bertz CT molecular complexity index is 758. The molecule has 3 rings (SSSR count). The molecule has 0 aromatic heterocycles. The molecule has 2 aromatic carbocycles. The van der Waals surface area contributed by atoms with E-state index in [9.17, 15) is 23.1 Å². The molecule has 0 saturated heterocycles. The van der Waals surface area contributed by atoms with Gasteiger partial charge in [0.15, 0.2) is 0 Å². The molecule has 2 N–H and O–H groups in total. The van der Waals surface area contributed by atoms with Crippen LogP contribution in [-0.4, -0.2) is 17.1 Å². The van der Waals surface area contributed by atoms with Crippen molar-refractivity contribution in [3.8, 4) is 0 Å². The average molecular weight is 335 g/mol. The summed E-state index contributed by atoms with van der Waals surface area (Å²) in [5.41, 5.74) is 0.851. The van der Waals surface area contributed by atoms with Gasteiger partial charge in [0, 0.05) is 6.42 Å². The maximum absolute atomic E-state index is 13.0. The van der Waals surface area contributed by atoms with Crippen molar-refractivity contribution in [2.45, 2.75) is 31.2 Å². The molecule has 0 saturated carbocycles. The maximum Gasteiger partial charge on any atom is 0.416 e. The number of rotatable bonds is 3. The van der Waals surface area contributed by atoms with Gasteiger partial charge in [0.05, 0.1) is 24.1 Å². The zero-order chi connectivity index (χ0) is 17.3. The van der Waals surface area contributed by atoms with Gasteiger partial charge in [-0.2, -0.15) is 13.2 Å². The summed E-state index contributed by atoms with van der Waals surface area (Å²) < 4.78 is 39.0. The van der Waals surface area contributed by atoms with E-state index in [1.54, 1.807) is 12.1 Å². The van der Waals surface area contributed by atoms with Gasteiger partial charge in [-0.15, -0.1) is 0 Å². The van der Waals surface area contributed by atoms with Gasteiger partial charge in [-0.3, -0.25) is 4.79 Å². The van der Waals surface area contributed by atoms with Crippen LogP contribution in [0.3, 0.4) is 0 Å². The number of carbonyl (C=O) groups is 1. The molecule has 2 aromatic rings. The highest BCUT2D eigenvalue weighted by atomic mass is 19.4. The van der Waals surface area contributed by atoms with Crippen LogP contribution in [0.1, 0.15) is 28.3 Å². The van der Waals surface area contributed by atoms with E-state index >= 15 is 0 Å². The van der Waals surface area contributed by atoms with E-state index in [1.807, 2.05) is 12.1 Å². The molecule has 1 aliphatic rings. The predicted molar refractivity (Wildman–Crippen MR) is 82.2 cm³/mol.